The molecule has 0 bridgehead atoms. The zero-order valence-electron chi connectivity index (χ0n) is 15.0. The number of fused-ring (bicyclic) bond motifs is 1. The van der Waals surface area contributed by atoms with Gasteiger partial charge in [-0.25, -0.2) is 13.8 Å². The third-order valence-electron chi connectivity index (χ3n) is 4.58. The number of pyridine rings is 2. The van der Waals surface area contributed by atoms with Gasteiger partial charge in [-0.05, 0) is 60.5 Å². The monoisotopic (exact) mass is 395 g/mol. The van der Waals surface area contributed by atoms with Gasteiger partial charge in [-0.3, -0.25) is 4.98 Å². The maximum Gasteiger partial charge on any atom is 0.184 e. The fraction of sp³-hybridized carbons (Fsp3) is 0.0909. The Morgan fingerprint density at radius 3 is 2.61 bits per heavy atom. The highest BCUT2D eigenvalue weighted by Gasteiger charge is 2.17. The Balaban J connectivity index is 1.86. The molecule has 4 aromatic rings. The summed E-state index contributed by atoms with van der Waals surface area (Å²) in [5, 5.41) is 1.16. The van der Waals surface area contributed by atoms with Crippen LogP contribution >= 0.6 is 11.6 Å². The highest BCUT2D eigenvalue weighted by atomic mass is 35.5. The van der Waals surface area contributed by atoms with Gasteiger partial charge in [-0.2, -0.15) is 0 Å². The second-order valence-electron chi connectivity index (χ2n) is 6.44. The molecule has 2 aromatic heterocycles. The van der Waals surface area contributed by atoms with Crippen LogP contribution < -0.4 is 4.90 Å². The molecule has 0 amide bonds. The van der Waals surface area contributed by atoms with E-state index in [0.717, 1.165) is 28.7 Å². The third kappa shape index (κ3) is 3.41. The van der Waals surface area contributed by atoms with Crippen molar-refractivity contribution >= 4 is 34.0 Å². The summed E-state index contributed by atoms with van der Waals surface area (Å²) in [5.74, 6) is -1.09. The molecule has 140 valence electrons. The van der Waals surface area contributed by atoms with Gasteiger partial charge in [0.1, 0.15) is 11.3 Å². The summed E-state index contributed by atoms with van der Waals surface area (Å²) in [7, 11) is 0. The Kier molecular flexibility index (Phi) is 4.92. The molecule has 0 saturated heterocycles. The number of hydrogen-bond acceptors (Lipinski definition) is 3. The smallest absolute Gasteiger partial charge is 0.184 e. The summed E-state index contributed by atoms with van der Waals surface area (Å²) in [5.41, 5.74) is 2.65. The quantitative estimate of drug-likeness (QED) is 0.411. The molecule has 6 heteroatoms. The average molecular weight is 396 g/mol. The number of rotatable bonds is 4. The van der Waals surface area contributed by atoms with E-state index < -0.39 is 11.6 Å². The van der Waals surface area contributed by atoms with Crippen molar-refractivity contribution in [2.24, 2.45) is 0 Å². The minimum atomic E-state index is -0.942. The van der Waals surface area contributed by atoms with E-state index in [0.29, 0.717) is 17.0 Å². The van der Waals surface area contributed by atoms with Crippen LogP contribution in [0.15, 0.2) is 67.0 Å². The Bertz CT molecular complexity index is 1160. The van der Waals surface area contributed by atoms with Crippen molar-refractivity contribution in [3.8, 4) is 0 Å². The lowest BCUT2D eigenvalue weighted by molar-refractivity contribution is 0.515. The van der Waals surface area contributed by atoms with E-state index in [-0.39, 0.29) is 5.52 Å². The van der Waals surface area contributed by atoms with E-state index in [1.54, 1.807) is 24.4 Å². The number of nitrogens with zero attached hydrogens (tertiary/aromatic N) is 3. The molecule has 28 heavy (non-hydrogen) atoms. The highest BCUT2D eigenvalue weighted by Crippen LogP contribution is 2.32. The van der Waals surface area contributed by atoms with Crippen LogP contribution in [0.5, 0.6) is 0 Å². The van der Waals surface area contributed by atoms with Crippen molar-refractivity contribution in [2.75, 3.05) is 4.90 Å². The van der Waals surface area contributed by atoms with Gasteiger partial charge in [0.25, 0.3) is 0 Å². The summed E-state index contributed by atoms with van der Waals surface area (Å²) in [4.78, 5) is 10.5. The second kappa shape index (κ2) is 7.52. The number of aromatic nitrogens is 2. The first-order chi connectivity index (χ1) is 13.5. The van der Waals surface area contributed by atoms with E-state index in [2.05, 4.69) is 9.97 Å². The van der Waals surface area contributed by atoms with Crippen LogP contribution in [0.1, 0.15) is 11.1 Å². The van der Waals surface area contributed by atoms with Crippen LogP contribution in [0.3, 0.4) is 0 Å². The summed E-state index contributed by atoms with van der Waals surface area (Å²) in [6, 6.07) is 15.8. The van der Waals surface area contributed by atoms with Crippen molar-refractivity contribution in [3.63, 3.8) is 0 Å². The molecule has 2 aromatic carbocycles. The molecule has 0 unspecified atom stereocenters. The van der Waals surface area contributed by atoms with Crippen molar-refractivity contribution in [3.05, 3.63) is 94.8 Å². The van der Waals surface area contributed by atoms with Crippen molar-refractivity contribution in [1.82, 2.24) is 9.97 Å². The topological polar surface area (TPSA) is 29.0 Å². The molecule has 0 saturated carbocycles. The Morgan fingerprint density at radius 1 is 0.964 bits per heavy atom. The van der Waals surface area contributed by atoms with Crippen LogP contribution in [-0.4, -0.2) is 9.97 Å². The normalized spacial score (nSPS) is 11.0. The summed E-state index contributed by atoms with van der Waals surface area (Å²) in [6.07, 6.45) is 3.21. The molecule has 3 nitrogen and oxygen atoms in total. The van der Waals surface area contributed by atoms with Gasteiger partial charge in [0.2, 0.25) is 0 Å². The molecule has 4 rings (SSSR count). The zero-order valence-corrected chi connectivity index (χ0v) is 15.8. The minimum Gasteiger partial charge on any atom is -0.322 e. The lowest BCUT2D eigenvalue weighted by Crippen LogP contribution is -2.19. The van der Waals surface area contributed by atoms with Crippen molar-refractivity contribution < 1.29 is 8.78 Å². The van der Waals surface area contributed by atoms with Crippen molar-refractivity contribution in [2.45, 2.75) is 13.5 Å². The maximum atomic E-state index is 14.2. The van der Waals surface area contributed by atoms with Gasteiger partial charge in [0, 0.05) is 28.5 Å². The van der Waals surface area contributed by atoms with E-state index in [1.807, 2.05) is 42.2 Å². The van der Waals surface area contributed by atoms with Crippen LogP contribution in [0.4, 0.5) is 20.3 Å². The van der Waals surface area contributed by atoms with E-state index >= 15 is 0 Å². The van der Waals surface area contributed by atoms with Crippen LogP contribution in [-0.2, 0) is 6.54 Å². The van der Waals surface area contributed by atoms with Gasteiger partial charge in [0.15, 0.2) is 11.6 Å². The first-order valence-electron chi connectivity index (χ1n) is 8.71. The van der Waals surface area contributed by atoms with Gasteiger partial charge in [-0.1, -0.05) is 23.7 Å². The van der Waals surface area contributed by atoms with Crippen LogP contribution in [0, 0.1) is 18.6 Å². The first-order valence-corrected chi connectivity index (χ1v) is 9.08. The number of aryl methyl sites for hydroxylation is 1. The van der Waals surface area contributed by atoms with E-state index in [9.17, 15) is 8.78 Å². The summed E-state index contributed by atoms with van der Waals surface area (Å²) < 4.78 is 27.8. The van der Waals surface area contributed by atoms with Gasteiger partial charge < -0.3 is 4.90 Å². The van der Waals surface area contributed by atoms with Crippen molar-refractivity contribution in [1.29, 1.82) is 0 Å². The number of hydrogen-bond donors (Lipinski definition) is 0. The maximum absolute atomic E-state index is 14.2. The SMILES string of the molecule is Cc1cccnc1N(Cc1ccnc2c(F)c(F)ccc12)c1cccc(Cl)c1. The molecule has 0 atom stereocenters. The molecule has 0 N–H and O–H groups in total. The lowest BCUT2D eigenvalue weighted by Gasteiger charge is -2.26. The van der Waals surface area contributed by atoms with Crippen LogP contribution in [0.25, 0.3) is 10.9 Å². The summed E-state index contributed by atoms with van der Waals surface area (Å²) in [6.45, 7) is 2.36. The molecule has 0 aliphatic rings. The number of anilines is 2. The predicted molar refractivity (Wildman–Crippen MR) is 108 cm³/mol. The fourth-order valence-corrected chi connectivity index (χ4v) is 3.40. The lowest BCUT2D eigenvalue weighted by atomic mass is 10.1. The highest BCUT2D eigenvalue weighted by molar-refractivity contribution is 6.30. The number of halogens is 3. The Morgan fingerprint density at radius 2 is 1.82 bits per heavy atom. The van der Waals surface area contributed by atoms with Gasteiger partial charge >= 0.3 is 0 Å². The zero-order chi connectivity index (χ0) is 19.7. The molecular formula is C22H16ClF2N3. The third-order valence-corrected chi connectivity index (χ3v) is 4.82. The average Bonchev–Trinajstić information content (AvgIpc) is 2.70. The number of benzene rings is 2. The predicted octanol–water partition coefficient (Wildman–Crippen LogP) is 6.21. The molecule has 0 aliphatic carbocycles. The largest absolute Gasteiger partial charge is 0.322 e. The van der Waals surface area contributed by atoms with Crippen LogP contribution in [0.2, 0.25) is 5.02 Å². The molecule has 0 spiro atoms. The molecule has 2 heterocycles. The Hall–Kier alpha value is -3.05. The molecular weight excluding hydrogens is 380 g/mol. The van der Waals surface area contributed by atoms with E-state index in [4.69, 9.17) is 11.6 Å². The summed E-state index contributed by atoms with van der Waals surface area (Å²) >= 11 is 6.20. The second-order valence-corrected chi connectivity index (χ2v) is 6.87. The van der Waals surface area contributed by atoms with Gasteiger partial charge in [0.05, 0.1) is 6.54 Å². The molecule has 0 fully saturated rings. The molecule has 0 radical (unpaired) electrons. The van der Waals surface area contributed by atoms with E-state index in [1.165, 1.54) is 6.20 Å². The fourth-order valence-electron chi connectivity index (χ4n) is 3.22. The standard InChI is InChI=1S/C22H16ClF2N3/c1-14-4-3-10-27-22(14)28(17-6-2-5-16(23)12-17)13-15-9-11-26-21-18(15)7-8-19(24)20(21)25/h2-12H,13H2,1H3. The first kappa shape index (κ1) is 18.3. The van der Waals surface area contributed by atoms with Gasteiger partial charge in [-0.15, -0.1) is 0 Å². The Labute approximate surface area is 166 Å². The minimum absolute atomic E-state index is 0.0151. The molecule has 0 aliphatic heterocycles.